The molecule has 2 nitrogen and oxygen atoms in total. The molecular formula is C17H26FNO. The lowest BCUT2D eigenvalue weighted by Crippen LogP contribution is -2.64. The summed E-state index contributed by atoms with van der Waals surface area (Å²) in [6, 6.07) is 5.67. The van der Waals surface area contributed by atoms with Crippen LogP contribution in [0.25, 0.3) is 0 Å². The molecule has 0 heterocycles. The van der Waals surface area contributed by atoms with Crippen molar-refractivity contribution >= 4 is 0 Å². The minimum absolute atomic E-state index is 0.178. The number of hydrogen-bond acceptors (Lipinski definition) is 2. The van der Waals surface area contributed by atoms with Gasteiger partial charge in [0.1, 0.15) is 17.7 Å². The fourth-order valence-corrected chi connectivity index (χ4v) is 3.46. The van der Waals surface area contributed by atoms with Gasteiger partial charge in [-0.05, 0) is 37.9 Å². The van der Waals surface area contributed by atoms with Crippen molar-refractivity contribution in [3.05, 3.63) is 29.6 Å². The smallest absolute Gasteiger partial charge is 0.129 e. The van der Waals surface area contributed by atoms with Gasteiger partial charge in [-0.2, -0.15) is 0 Å². The van der Waals surface area contributed by atoms with Crippen molar-refractivity contribution in [2.24, 2.45) is 5.41 Å². The third-order valence-corrected chi connectivity index (χ3v) is 4.97. The van der Waals surface area contributed by atoms with Crippen LogP contribution in [0.3, 0.4) is 0 Å². The van der Waals surface area contributed by atoms with E-state index in [1.165, 1.54) is 6.07 Å². The van der Waals surface area contributed by atoms with E-state index in [2.05, 4.69) is 26.1 Å². The Morgan fingerprint density at radius 1 is 1.30 bits per heavy atom. The summed E-state index contributed by atoms with van der Waals surface area (Å²) in [4.78, 5) is 0. The van der Waals surface area contributed by atoms with Gasteiger partial charge >= 0.3 is 0 Å². The third kappa shape index (κ3) is 2.56. The van der Waals surface area contributed by atoms with Crippen molar-refractivity contribution in [2.45, 2.75) is 59.1 Å². The molecule has 0 aliphatic heterocycles. The number of hydrogen-bond donors (Lipinski definition) is 1. The molecule has 1 aliphatic rings. The Balaban J connectivity index is 2.11. The molecule has 0 bridgehead atoms. The van der Waals surface area contributed by atoms with Gasteiger partial charge in [-0.1, -0.05) is 26.8 Å². The van der Waals surface area contributed by atoms with Gasteiger partial charge in [0.05, 0.1) is 0 Å². The van der Waals surface area contributed by atoms with Gasteiger partial charge < -0.3 is 10.1 Å². The standard InChI is InChI=1S/C17H26FNO/c1-5-17(6-2)15(19-7-3)11-16(17)20-13-9-8-12(4)14(18)10-13/h8-10,15-16,19H,5-7,11H2,1-4H3. The summed E-state index contributed by atoms with van der Waals surface area (Å²) in [7, 11) is 0. The van der Waals surface area contributed by atoms with Crippen molar-refractivity contribution in [1.29, 1.82) is 0 Å². The van der Waals surface area contributed by atoms with E-state index in [-0.39, 0.29) is 17.3 Å². The average Bonchev–Trinajstić information content (AvgIpc) is 2.43. The fraction of sp³-hybridized carbons (Fsp3) is 0.647. The van der Waals surface area contributed by atoms with Gasteiger partial charge in [-0.15, -0.1) is 0 Å². The third-order valence-electron chi connectivity index (χ3n) is 4.97. The Morgan fingerprint density at radius 2 is 2.00 bits per heavy atom. The fourth-order valence-electron chi connectivity index (χ4n) is 3.46. The van der Waals surface area contributed by atoms with Gasteiger partial charge in [-0.3, -0.25) is 0 Å². The van der Waals surface area contributed by atoms with Crippen LogP contribution in [0.2, 0.25) is 0 Å². The molecule has 1 fully saturated rings. The maximum atomic E-state index is 13.6. The lowest BCUT2D eigenvalue weighted by molar-refractivity contribution is -0.0855. The van der Waals surface area contributed by atoms with Gasteiger partial charge in [0.2, 0.25) is 0 Å². The topological polar surface area (TPSA) is 21.3 Å². The van der Waals surface area contributed by atoms with Crippen molar-refractivity contribution in [3.8, 4) is 5.75 Å². The lowest BCUT2D eigenvalue weighted by atomic mass is 9.58. The highest BCUT2D eigenvalue weighted by atomic mass is 19.1. The highest BCUT2D eigenvalue weighted by molar-refractivity contribution is 5.29. The summed E-state index contributed by atoms with van der Waals surface area (Å²) in [6.07, 6.45) is 3.36. The van der Waals surface area contributed by atoms with Crippen LogP contribution in [0.5, 0.6) is 5.75 Å². The van der Waals surface area contributed by atoms with E-state index < -0.39 is 0 Å². The minimum atomic E-state index is -0.191. The SMILES string of the molecule is CCNC1CC(Oc2ccc(C)c(F)c2)C1(CC)CC. The highest BCUT2D eigenvalue weighted by Crippen LogP contribution is 2.49. The molecule has 2 atom stereocenters. The van der Waals surface area contributed by atoms with Crippen LogP contribution in [0, 0.1) is 18.2 Å². The number of nitrogens with one attached hydrogen (secondary N) is 1. The van der Waals surface area contributed by atoms with Crippen molar-refractivity contribution in [2.75, 3.05) is 6.54 Å². The molecule has 112 valence electrons. The minimum Gasteiger partial charge on any atom is -0.490 e. The molecule has 0 radical (unpaired) electrons. The summed E-state index contributed by atoms with van der Waals surface area (Å²) >= 11 is 0. The van der Waals surface area contributed by atoms with Gasteiger partial charge in [0, 0.05) is 23.9 Å². The summed E-state index contributed by atoms with van der Waals surface area (Å²) in [5.74, 6) is 0.461. The summed E-state index contributed by atoms with van der Waals surface area (Å²) < 4.78 is 19.7. The number of benzene rings is 1. The maximum Gasteiger partial charge on any atom is 0.129 e. The van der Waals surface area contributed by atoms with Crippen molar-refractivity contribution in [3.63, 3.8) is 0 Å². The summed E-state index contributed by atoms with van der Waals surface area (Å²) in [5, 5.41) is 3.56. The quantitative estimate of drug-likeness (QED) is 0.847. The monoisotopic (exact) mass is 279 g/mol. The number of aryl methyl sites for hydroxylation is 1. The van der Waals surface area contributed by atoms with E-state index in [0.717, 1.165) is 25.8 Å². The maximum absolute atomic E-state index is 13.6. The van der Waals surface area contributed by atoms with Crippen molar-refractivity contribution in [1.82, 2.24) is 5.32 Å². The van der Waals surface area contributed by atoms with E-state index in [0.29, 0.717) is 17.4 Å². The van der Waals surface area contributed by atoms with Gasteiger partial charge in [0.25, 0.3) is 0 Å². The number of halogens is 1. The van der Waals surface area contributed by atoms with Crippen molar-refractivity contribution < 1.29 is 9.13 Å². The highest BCUT2D eigenvalue weighted by Gasteiger charge is 2.53. The zero-order chi connectivity index (χ0) is 14.8. The van der Waals surface area contributed by atoms with Gasteiger partial charge in [0.15, 0.2) is 0 Å². The molecular weight excluding hydrogens is 253 g/mol. The Labute approximate surface area is 121 Å². The van der Waals surface area contributed by atoms with E-state index in [1.54, 1.807) is 13.0 Å². The first-order valence-electron chi connectivity index (χ1n) is 7.73. The molecule has 1 aromatic rings. The molecule has 2 unspecified atom stereocenters. The largest absolute Gasteiger partial charge is 0.490 e. The van der Waals surface area contributed by atoms with E-state index in [1.807, 2.05) is 6.07 Å². The van der Waals surface area contributed by atoms with E-state index >= 15 is 0 Å². The predicted octanol–water partition coefficient (Wildman–Crippen LogP) is 4.07. The first kappa shape index (κ1) is 15.3. The van der Waals surface area contributed by atoms with Crippen LogP contribution in [-0.4, -0.2) is 18.7 Å². The Kier molecular flexibility index (Phi) is 4.69. The molecule has 1 N–H and O–H groups in total. The van der Waals surface area contributed by atoms with E-state index in [9.17, 15) is 4.39 Å². The normalized spacial score (nSPS) is 24.2. The summed E-state index contributed by atoms with van der Waals surface area (Å²) in [6.45, 7) is 9.34. The Hall–Kier alpha value is -1.09. The molecule has 1 aromatic carbocycles. The summed E-state index contributed by atoms with van der Waals surface area (Å²) in [5.41, 5.74) is 0.839. The number of rotatable bonds is 6. The molecule has 1 aliphatic carbocycles. The van der Waals surface area contributed by atoms with Crippen LogP contribution in [0.4, 0.5) is 4.39 Å². The molecule has 3 heteroatoms. The molecule has 0 aromatic heterocycles. The second kappa shape index (κ2) is 6.13. The molecule has 0 spiro atoms. The Bertz CT molecular complexity index is 456. The molecule has 0 amide bonds. The van der Waals surface area contributed by atoms with Crippen LogP contribution in [-0.2, 0) is 0 Å². The zero-order valence-electron chi connectivity index (χ0n) is 13.0. The van der Waals surface area contributed by atoms with E-state index in [4.69, 9.17) is 4.74 Å². The van der Waals surface area contributed by atoms with Crippen LogP contribution in [0.1, 0.15) is 45.6 Å². The Morgan fingerprint density at radius 3 is 2.55 bits per heavy atom. The second-order valence-electron chi connectivity index (χ2n) is 5.80. The van der Waals surface area contributed by atoms with Crippen LogP contribution < -0.4 is 10.1 Å². The number of ether oxygens (including phenoxy) is 1. The molecule has 2 rings (SSSR count). The first-order valence-corrected chi connectivity index (χ1v) is 7.73. The molecule has 1 saturated carbocycles. The van der Waals surface area contributed by atoms with Gasteiger partial charge in [-0.25, -0.2) is 4.39 Å². The molecule has 0 saturated heterocycles. The van der Waals surface area contributed by atoms with Crippen LogP contribution >= 0.6 is 0 Å². The predicted molar refractivity (Wildman–Crippen MR) is 80.6 cm³/mol. The second-order valence-corrected chi connectivity index (χ2v) is 5.80. The zero-order valence-corrected chi connectivity index (χ0v) is 13.0. The average molecular weight is 279 g/mol. The van der Waals surface area contributed by atoms with Crippen LogP contribution in [0.15, 0.2) is 18.2 Å². The lowest BCUT2D eigenvalue weighted by Gasteiger charge is -2.55. The molecule has 20 heavy (non-hydrogen) atoms. The first-order chi connectivity index (χ1) is 9.57.